The maximum absolute atomic E-state index is 12.6. The first-order chi connectivity index (χ1) is 10.7. The molecule has 1 aliphatic rings. The van der Waals surface area contributed by atoms with Gasteiger partial charge in [-0.05, 0) is 32.3 Å². The molecule has 1 heterocycles. The summed E-state index contributed by atoms with van der Waals surface area (Å²) in [5, 5.41) is 10.2. The molecular formula is C17H21N3OS. The molecule has 5 heteroatoms. The van der Waals surface area contributed by atoms with Gasteiger partial charge in [0.15, 0.2) is 0 Å². The second kappa shape index (κ2) is 6.57. The summed E-state index contributed by atoms with van der Waals surface area (Å²) in [6.45, 7) is 4.87. The number of aromatic nitrogens is 2. The van der Waals surface area contributed by atoms with Crippen LogP contribution in [0.1, 0.15) is 38.2 Å². The van der Waals surface area contributed by atoms with Crippen LogP contribution in [0.5, 0.6) is 0 Å². The number of aryl methyl sites for hydroxylation is 1. The van der Waals surface area contributed by atoms with Gasteiger partial charge in [-0.2, -0.15) is 0 Å². The minimum absolute atomic E-state index is 0.192. The van der Waals surface area contributed by atoms with Crippen LogP contribution in [0.2, 0.25) is 0 Å². The van der Waals surface area contributed by atoms with E-state index in [0.717, 1.165) is 41.5 Å². The van der Waals surface area contributed by atoms with Crippen molar-refractivity contribution in [1.29, 1.82) is 0 Å². The first-order valence-corrected chi connectivity index (χ1v) is 8.72. The lowest BCUT2D eigenvalue weighted by molar-refractivity contribution is -0.124. The van der Waals surface area contributed by atoms with E-state index in [0.29, 0.717) is 0 Å². The van der Waals surface area contributed by atoms with E-state index in [1.165, 1.54) is 23.3 Å². The van der Waals surface area contributed by atoms with E-state index in [1.807, 2.05) is 17.0 Å². The van der Waals surface area contributed by atoms with Gasteiger partial charge in [-0.3, -0.25) is 9.69 Å². The van der Waals surface area contributed by atoms with Crippen molar-refractivity contribution in [3.63, 3.8) is 0 Å². The summed E-state index contributed by atoms with van der Waals surface area (Å²) in [6, 6.07) is 8.22. The van der Waals surface area contributed by atoms with Gasteiger partial charge in [0.05, 0.1) is 0 Å². The summed E-state index contributed by atoms with van der Waals surface area (Å²) < 4.78 is 0. The maximum atomic E-state index is 12.6. The van der Waals surface area contributed by atoms with Crippen LogP contribution >= 0.6 is 11.3 Å². The number of anilines is 1. The Balaban J connectivity index is 1.84. The van der Waals surface area contributed by atoms with Gasteiger partial charge in [-0.25, -0.2) is 0 Å². The van der Waals surface area contributed by atoms with E-state index < -0.39 is 0 Å². The summed E-state index contributed by atoms with van der Waals surface area (Å²) in [4.78, 5) is 14.4. The Hall–Kier alpha value is -1.75. The summed E-state index contributed by atoms with van der Waals surface area (Å²) in [5.74, 6) is 0.415. The average Bonchev–Trinajstić information content (AvgIpc) is 2.92. The Morgan fingerprint density at radius 1 is 1.36 bits per heavy atom. The second-order valence-electron chi connectivity index (χ2n) is 5.88. The van der Waals surface area contributed by atoms with Crippen molar-refractivity contribution in [2.24, 2.45) is 5.92 Å². The van der Waals surface area contributed by atoms with E-state index in [-0.39, 0.29) is 11.8 Å². The SMILES string of the molecule is CCCN(C(=O)C1CCC1)c1nnc(-c2cccc(C)c2)s1. The summed E-state index contributed by atoms with van der Waals surface area (Å²) in [7, 11) is 0. The highest BCUT2D eigenvalue weighted by Gasteiger charge is 2.31. The third-order valence-electron chi connectivity index (χ3n) is 4.08. The number of nitrogens with zero attached hydrogens (tertiary/aromatic N) is 3. The third-order valence-corrected chi connectivity index (χ3v) is 5.07. The van der Waals surface area contributed by atoms with Gasteiger partial charge < -0.3 is 0 Å². The number of hydrogen-bond acceptors (Lipinski definition) is 4. The lowest BCUT2D eigenvalue weighted by Gasteiger charge is -2.29. The van der Waals surface area contributed by atoms with Crippen molar-refractivity contribution < 1.29 is 4.79 Å². The van der Waals surface area contributed by atoms with Crippen molar-refractivity contribution in [3.05, 3.63) is 29.8 Å². The highest BCUT2D eigenvalue weighted by atomic mass is 32.1. The minimum atomic E-state index is 0.192. The Labute approximate surface area is 135 Å². The zero-order valence-electron chi connectivity index (χ0n) is 13.1. The monoisotopic (exact) mass is 315 g/mol. The number of rotatable bonds is 5. The van der Waals surface area contributed by atoms with Crippen LogP contribution in [0.25, 0.3) is 10.6 Å². The molecule has 2 aromatic rings. The van der Waals surface area contributed by atoms with Crippen molar-refractivity contribution in [2.45, 2.75) is 39.5 Å². The molecule has 1 fully saturated rings. The predicted octanol–water partition coefficient (Wildman–Crippen LogP) is 4.06. The summed E-state index contributed by atoms with van der Waals surface area (Å²) in [6.07, 6.45) is 4.13. The molecule has 1 aromatic heterocycles. The zero-order chi connectivity index (χ0) is 15.5. The fourth-order valence-corrected chi connectivity index (χ4v) is 3.49. The molecule has 0 spiro atoms. The molecular weight excluding hydrogens is 294 g/mol. The standard InChI is InChI=1S/C17H21N3OS/c1-3-10-20(16(21)13-7-5-8-13)17-19-18-15(22-17)14-9-4-6-12(2)11-14/h4,6,9,11,13H,3,5,7-8,10H2,1-2H3. The molecule has 0 radical (unpaired) electrons. The van der Waals surface area contributed by atoms with Crippen LogP contribution in [0.3, 0.4) is 0 Å². The van der Waals surface area contributed by atoms with E-state index in [2.05, 4.69) is 36.2 Å². The Bertz CT molecular complexity index is 663. The molecule has 1 amide bonds. The highest BCUT2D eigenvalue weighted by molar-refractivity contribution is 7.18. The quantitative estimate of drug-likeness (QED) is 0.836. The number of amides is 1. The van der Waals surface area contributed by atoms with Gasteiger partial charge in [-0.15, -0.1) is 10.2 Å². The molecule has 116 valence electrons. The summed E-state index contributed by atoms with van der Waals surface area (Å²) >= 11 is 1.51. The van der Waals surface area contributed by atoms with Gasteiger partial charge in [0.25, 0.3) is 0 Å². The lowest BCUT2D eigenvalue weighted by Crippen LogP contribution is -2.39. The van der Waals surface area contributed by atoms with Gasteiger partial charge in [0, 0.05) is 18.0 Å². The van der Waals surface area contributed by atoms with Crippen LogP contribution in [0, 0.1) is 12.8 Å². The van der Waals surface area contributed by atoms with Crippen molar-refractivity contribution >= 4 is 22.4 Å². The van der Waals surface area contributed by atoms with E-state index in [9.17, 15) is 4.79 Å². The zero-order valence-corrected chi connectivity index (χ0v) is 13.9. The molecule has 0 unspecified atom stereocenters. The first kappa shape index (κ1) is 15.2. The maximum Gasteiger partial charge on any atom is 0.231 e. The van der Waals surface area contributed by atoms with Crippen LogP contribution in [-0.4, -0.2) is 22.6 Å². The highest BCUT2D eigenvalue weighted by Crippen LogP contribution is 2.33. The van der Waals surface area contributed by atoms with Crippen LogP contribution in [-0.2, 0) is 4.79 Å². The molecule has 0 saturated heterocycles. The third kappa shape index (κ3) is 3.04. The number of hydrogen-bond donors (Lipinski definition) is 0. The van der Waals surface area contributed by atoms with Gasteiger partial charge in [0.1, 0.15) is 5.01 Å². The lowest BCUT2D eigenvalue weighted by atomic mass is 9.84. The molecule has 1 saturated carbocycles. The van der Waals surface area contributed by atoms with Crippen molar-refractivity contribution in [1.82, 2.24) is 10.2 Å². The molecule has 22 heavy (non-hydrogen) atoms. The number of carbonyl (C=O) groups excluding carboxylic acids is 1. The van der Waals surface area contributed by atoms with E-state index in [1.54, 1.807) is 0 Å². The molecule has 1 aliphatic carbocycles. The largest absolute Gasteiger partial charge is 0.286 e. The Morgan fingerprint density at radius 3 is 2.82 bits per heavy atom. The van der Waals surface area contributed by atoms with Crippen LogP contribution < -0.4 is 4.90 Å². The summed E-state index contributed by atoms with van der Waals surface area (Å²) in [5.41, 5.74) is 2.27. The fourth-order valence-electron chi connectivity index (χ4n) is 2.62. The van der Waals surface area contributed by atoms with E-state index >= 15 is 0 Å². The number of carbonyl (C=O) groups is 1. The Kier molecular flexibility index (Phi) is 4.52. The molecule has 0 atom stereocenters. The minimum Gasteiger partial charge on any atom is -0.286 e. The van der Waals surface area contributed by atoms with Crippen LogP contribution in [0.4, 0.5) is 5.13 Å². The average molecular weight is 315 g/mol. The van der Waals surface area contributed by atoms with Gasteiger partial charge in [-0.1, -0.05) is 48.4 Å². The van der Waals surface area contributed by atoms with Crippen molar-refractivity contribution in [2.75, 3.05) is 11.4 Å². The molecule has 1 aromatic carbocycles. The molecule has 4 nitrogen and oxygen atoms in total. The van der Waals surface area contributed by atoms with Gasteiger partial charge >= 0.3 is 0 Å². The van der Waals surface area contributed by atoms with Gasteiger partial charge in [0.2, 0.25) is 11.0 Å². The molecule has 0 aliphatic heterocycles. The smallest absolute Gasteiger partial charge is 0.231 e. The second-order valence-corrected chi connectivity index (χ2v) is 6.83. The Morgan fingerprint density at radius 2 is 2.18 bits per heavy atom. The topological polar surface area (TPSA) is 46.1 Å². The molecule has 0 bridgehead atoms. The predicted molar refractivity (Wildman–Crippen MR) is 90.1 cm³/mol. The first-order valence-electron chi connectivity index (χ1n) is 7.91. The normalized spacial score (nSPS) is 14.6. The van der Waals surface area contributed by atoms with Crippen LogP contribution in [0.15, 0.2) is 24.3 Å². The number of benzene rings is 1. The van der Waals surface area contributed by atoms with E-state index in [4.69, 9.17) is 0 Å². The molecule has 3 rings (SSSR count). The molecule has 0 N–H and O–H groups in total. The fraction of sp³-hybridized carbons (Fsp3) is 0.471. The van der Waals surface area contributed by atoms with Crippen molar-refractivity contribution in [3.8, 4) is 10.6 Å².